The molecule has 2 unspecified atom stereocenters. The van der Waals surface area contributed by atoms with Gasteiger partial charge in [0.15, 0.2) is 0 Å². The molecule has 2 atom stereocenters. The SMILES string of the molecule is CC(O)CC(C)CNS(=O)(=O)c1cc(C(F)(F)F)ccc1F. The molecule has 126 valence electrons. The second-order valence-electron chi connectivity index (χ2n) is 5.18. The average Bonchev–Trinajstić information content (AvgIpc) is 2.34. The molecular formula is C13H17F4NO3S. The number of aliphatic hydroxyl groups is 1. The molecule has 22 heavy (non-hydrogen) atoms. The Morgan fingerprint density at radius 1 is 1.27 bits per heavy atom. The van der Waals surface area contributed by atoms with Crippen LogP contribution in [0, 0.1) is 11.7 Å². The second-order valence-corrected chi connectivity index (χ2v) is 6.92. The van der Waals surface area contributed by atoms with Crippen molar-refractivity contribution in [2.75, 3.05) is 6.54 Å². The lowest BCUT2D eigenvalue weighted by atomic mass is 10.1. The molecule has 0 aliphatic carbocycles. The number of hydrogen-bond donors (Lipinski definition) is 2. The van der Waals surface area contributed by atoms with Gasteiger partial charge in [0.25, 0.3) is 0 Å². The third-order valence-electron chi connectivity index (χ3n) is 2.91. The van der Waals surface area contributed by atoms with Crippen LogP contribution >= 0.6 is 0 Å². The zero-order valence-electron chi connectivity index (χ0n) is 12.0. The maximum atomic E-state index is 13.6. The summed E-state index contributed by atoms with van der Waals surface area (Å²) >= 11 is 0. The monoisotopic (exact) mass is 343 g/mol. The van der Waals surface area contributed by atoms with Gasteiger partial charge in [-0.2, -0.15) is 13.2 Å². The van der Waals surface area contributed by atoms with E-state index in [9.17, 15) is 31.1 Å². The Bertz CT molecular complexity index is 614. The van der Waals surface area contributed by atoms with Crippen LogP contribution in [-0.2, 0) is 16.2 Å². The largest absolute Gasteiger partial charge is 0.416 e. The van der Waals surface area contributed by atoms with Crippen molar-refractivity contribution in [1.29, 1.82) is 0 Å². The molecule has 1 aromatic rings. The van der Waals surface area contributed by atoms with Crippen LogP contribution < -0.4 is 4.72 Å². The van der Waals surface area contributed by atoms with E-state index in [-0.39, 0.29) is 18.5 Å². The second kappa shape index (κ2) is 6.93. The average molecular weight is 343 g/mol. The molecule has 0 heterocycles. The van der Waals surface area contributed by atoms with E-state index < -0.39 is 38.6 Å². The maximum Gasteiger partial charge on any atom is 0.416 e. The normalized spacial score (nSPS) is 15.6. The molecule has 1 rings (SSSR count). The Labute approximate surface area is 126 Å². The molecule has 1 aromatic carbocycles. The minimum atomic E-state index is -4.77. The van der Waals surface area contributed by atoms with Crippen molar-refractivity contribution in [1.82, 2.24) is 4.72 Å². The molecular weight excluding hydrogens is 326 g/mol. The quantitative estimate of drug-likeness (QED) is 0.780. The molecule has 0 saturated carbocycles. The Morgan fingerprint density at radius 3 is 2.36 bits per heavy atom. The van der Waals surface area contributed by atoms with E-state index in [0.717, 1.165) is 0 Å². The number of nitrogens with one attached hydrogen (secondary N) is 1. The zero-order chi connectivity index (χ0) is 17.1. The maximum absolute atomic E-state index is 13.6. The van der Waals surface area contributed by atoms with Crippen LogP contribution in [0.15, 0.2) is 23.1 Å². The molecule has 0 spiro atoms. The van der Waals surface area contributed by atoms with Gasteiger partial charge in [-0.25, -0.2) is 17.5 Å². The number of benzene rings is 1. The summed E-state index contributed by atoms with van der Waals surface area (Å²) in [6.07, 6.45) is -5.12. The van der Waals surface area contributed by atoms with Crippen LogP contribution in [0.3, 0.4) is 0 Å². The Hall–Kier alpha value is -1.19. The Kier molecular flexibility index (Phi) is 5.94. The highest BCUT2D eigenvalue weighted by atomic mass is 32.2. The number of aliphatic hydroxyl groups excluding tert-OH is 1. The first kappa shape index (κ1) is 18.9. The lowest BCUT2D eigenvalue weighted by molar-refractivity contribution is -0.137. The van der Waals surface area contributed by atoms with Crippen molar-refractivity contribution in [2.45, 2.75) is 37.4 Å². The van der Waals surface area contributed by atoms with Crippen LogP contribution in [0.2, 0.25) is 0 Å². The fraction of sp³-hybridized carbons (Fsp3) is 0.538. The summed E-state index contributed by atoms with van der Waals surface area (Å²) in [7, 11) is -4.41. The molecule has 0 aliphatic rings. The molecule has 0 aromatic heterocycles. The van der Waals surface area contributed by atoms with Crippen LogP contribution in [0.4, 0.5) is 17.6 Å². The highest BCUT2D eigenvalue weighted by Gasteiger charge is 2.33. The topological polar surface area (TPSA) is 66.4 Å². The zero-order valence-corrected chi connectivity index (χ0v) is 12.8. The summed E-state index contributed by atoms with van der Waals surface area (Å²) in [4.78, 5) is -1.05. The molecule has 0 bridgehead atoms. The van der Waals surface area contributed by atoms with Gasteiger partial charge in [-0.15, -0.1) is 0 Å². The molecule has 9 heteroatoms. The van der Waals surface area contributed by atoms with Gasteiger partial charge < -0.3 is 5.11 Å². The molecule has 0 amide bonds. The predicted molar refractivity (Wildman–Crippen MR) is 72.1 cm³/mol. The van der Waals surface area contributed by atoms with Crippen LogP contribution in [0.5, 0.6) is 0 Å². The van der Waals surface area contributed by atoms with E-state index in [1.54, 1.807) is 6.92 Å². The van der Waals surface area contributed by atoms with Gasteiger partial charge in [-0.05, 0) is 37.5 Å². The summed E-state index contributed by atoms with van der Waals surface area (Å²) in [6, 6.07) is 1.21. The first-order valence-electron chi connectivity index (χ1n) is 6.48. The molecule has 0 saturated heterocycles. The lowest BCUT2D eigenvalue weighted by Crippen LogP contribution is -2.30. The first-order chi connectivity index (χ1) is 9.93. The number of sulfonamides is 1. The Balaban J connectivity index is 2.98. The van der Waals surface area contributed by atoms with E-state index in [0.29, 0.717) is 18.6 Å². The summed E-state index contributed by atoms with van der Waals surface area (Å²) in [5, 5.41) is 9.18. The van der Waals surface area contributed by atoms with Crippen molar-refractivity contribution in [3.05, 3.63) is 29.6 Å². The van der Waals surface area contributed by atoms with Crippen molar-refractivity contribution in [2.24, 2.45) is 5.92 Å². The van der Waals surface area contributed by atoms with Crippen molar-refractivity contribution < 1.29 is 31.1 Å². The van der Waals surface area contributed by atoms with Crippen LogP contribution in [-0.4, -0.2) is 26.2 Å². The highest BCUT2D eigenvalue weighted by Crippen LogP contribution is 2.31. The van der Waals surface area contributed by atoms with Gasteiger partial charge in [0.05, 0.1) is 11.7 Å². The molecule has 0 aliphatic heterocycles. The Morgan fingerprint density at radius 2 is 1.86 bits per heavy atom. The molecule has 2 N–H and O–H groups in total. The smallest absolute Gasteiger partial charge is 0.393 e. The predicted octanol–water partition coefficient (Wildman–Crippen LogP) is 2.53. The van der Waals surface area contributed by atoms with Gasteiger partial charge in [0.1, 0.15) is 10.7 Å². The van der Waals surface area contributed by atoms with E-state index in [2.05, 4.69) is 4.72 Å². The highest BCUT2D eigenvalue weighted by molar-refractivity contribution is 7.89. The summed E-state index contributed by atoms with van der Waals surface area (Å²) < 4.78 is 77.2. The number of hydrogen-bond acceptors (Lipinski definition) is 3. The number of alkyl halides is 3. The number of halogens is 4. The van der Waals surface area contributed by atoms with Crippen molar-refractivity contribution in [3.8, 4) is 0 Å². The van der Waals surface area contributed by atoms with Gasteiger partial charge in [0, 0.05) is 6.54 Å². The molecule has 4 nitrogen and oxygen atoms in total. The van der Waals surface area contributed by atoms with Crippen LogP contribution in [0.25, 0.3) is 0 Å². The van der Waals surface area contributed by atoms with Gasteiger partial charge in [-0.1, -0.05) is 6.92 Å². The summed E-state index contributed by atoms with van der Waals surface area (Å²) in [5.74, 6) is -1.52. The van der Waals surface area contributed by atoms with Crippen molar-refractivity contribution >= 4 is 10.0 Å². The fourth-order valence-corrected chi connectivity index (χ4v) is 3.15. The van der Waals surface area contributed by atoms with E-state index in [1.165, 1.54) is 6.92 Å². The van der Waals surface area contributed by atoms with E-state index in [1.807, 2.05) is 0 Å². The molecule has 0 radical (unpaired) electrons. The summed E-state index contributed by atoms with van der Waals surface area (Å²) in [6.45, 7) is 3.05. The van der Waals surface area contributed by atoms with E-state index in [4.69, 9.17) is 0 Å². The van der Waals surface area contributed by atoms with Gasteiger partial charge in [-0.3, -0.25) is 0 Å². The van der Waals surface area contributed by atoms with Crippen molar-refractivity contribution in [3.63, 3.8) is 0 Å². The van der Waals surface area contributed by atoms with E-state index >= 15 is 0 Å². The number of rotatable bonds is 6. The minimum Gasteiger partial charge on any atom is -0.393 e. The van der Waals surface area contributed by atoms with Crippen LogP contribution in [0.1, 0.15) is 25.8 Å². The third kappa shape index (κ3) is 5.22. The third-order valence-corrected chi connectivity index (χ3v) is 4.35. The standard InChI is InChI=1S/C13H17F4NO3S/c1-8(5-9(2)19)7-18-22(20,21)12-6-10(13(15,16)17)3-4-11(12)14/h3-4,6,8-9,18-19H,5,7H2,1-2H3. The molecule has 0 fully saturated rings. The summed E-state index contributed by atoms with van der Waals surface area (Å²) in [5.41, 5.74) is -1.24. The van der Waals surface area contributed by atoms with Gasteiger partial charge in [0.2, 0.25) is 10.0 Å². The first-order valence-corrected chi connectivity index (χ1v) is 7.96. The van der Waals surface area contributed by atoms with Gasteiger partial charge >= 0.3 is 6.18 Å². The minimum absolute atomic E-state index is 0.122. The lowest BCUT2D eigenvalue weighted by Gasteiger charge is -2.15. The fourth-order valence-electron chi connectivity index (χ4n) is 1.88.